The molecule has 4 rings (SSSR count). The lowest BCUT2D eigenvalue weighted by atomic mass is 10.0. The van der Waals surface area contributed by atoms with Crippen molar-refractivity contribution in [1.29, 1.82) is 0 Å². The van der Waals surface area contributed by atoms with Crippen LogP contribution >= 0.6 is 47.1 Å². The topological polar surface area (TPSA) is 182 Å². The third-order valence-corrected chi connectivity index (χ3v) is 9.11. The Morgan fingerprint density at radius 1 is 1.31 bits per heavy atom. The first-order valence-corrected chi connectivity index (χ1v) is 13.7. The molecule has 2 aliphatic rings. The van der Waals surface area contributed by atoms with Gasteiger partial charge in [-0.25, -0.2) is 4.79 Å². The standard InChI is InChI=1S/C21H20N6O5S4/c1-8-25-26-18(36-8)16(33)11-6-35-20-14(19(30)27(20)15(11)21(31)32)24-17(29)13(23)9-2-4-10(5-3-9)34-7-12(22)28/h2-5,13-14,20H,6-7,23H2,1H3,(H2,22,28)(H,24,29)(H,31,32)/t13?,14?,20-/m0/s1. The van der Waals surface area contributed by atoms with Gasteiger partial charge >= 0.3 is 5.97 Å². The lowest BCUT2D eigenvalue weighted by molar-refractivity contribution is -0.150. The van der Waals surface area contributed by atoms with Gasteiger partial charge in [0.05, 0.1) is 10.6 Å². The van der Waals surface area contributed by atoms with E-state index in [1.165, 1.54) is 34.9 Å². The average Bonchev–Trinajstić information content (AvgIpc) is 3.30. The van der Waals surface area contributed by atoms with E-state index in [-0.39, 0.29) is 22.1 Å². The van der Waals surface area contributed by atoms with Gasteiger partial charge < -0.3 is 21.9 Å². The number of benzene rings is 1. The number of amides is 3. The Hall–Kier alpha value is -2.85. The summed E-state index contributed by atoms with van der Waals surface area (Å²) in [6.07, 6.45) is 0. The van der Waals surface area contributed by atoms with Crippen LogP contribution in [0.1, 0.15) is 21.6 Å². The number of β-lactam (4-membered cyclic amide) rings is 1. The molecule has 2 unspecified atom stereocenters. The number of hydrogen-bond acceptors (Lipinski definition) is 11. The first-order valence-electron chi connectivity index (χ1n) is 10.4. The maximum absolute atomic E-state index is 12.9. The van der Waals surface area contributed by atoms with Gasteiger partial charge in [0, 0.05) is 16.2 Å². The van der Waals surface area contributed by atoms with Crippen molar-refractivity contribution < 1.29 is 24.3 Å². The van der Waals surface area contributed by atoms with Crippen LogP contribution in [-0.2, 0) is 19.2 Å². The molecular formula is C21H20N6O5S4. The van der Waals surface area contributed by atoms with Crippen LogP contribution in [0.5, 0.6) is 0 Å². The Kier molecular flexibility index (Phi) is 7.75. The summed E-state index contributed by atoms with van der Waals surface area (Å²) in [6.45, 7) is 1.76. The van der Waals surface area contributed by atoms with Crippen LogP contribution in [0.15, 0.2) is 40.4 Å². The zero-order valence-corrected chi connectivity index (χ0v) is 21.9. The normalized spacial score (nSPS) is 19.8. The Bertz CT molecular complexity index is 1290. The third-order valence-electron chi connectivity index (χ3n) is 5.37. The number of thioether (sulfide) groups is 2. The number of carboxylic acids is 1. The molecule has 3 heterocycles. The Morgan fingerprint density at radius 3 is 2.58 bits per heavy atom. The molecule has 188 valence electrons. The predicted octanol–water partition coefficient (Wildman–Crippen LogP) is 0.581. The predicted molar refractivity (Wildman–Crippen MR) is 139 cm³/mol. The highest BCUT2D eigenvalue weighted by atomic mass is 32.2. The second-order valence-corrected chi connectivity index (χ2v) is 11.5. The van der Waals surface area contributed by atoms with Gasteiger partial charge in [0.15, 0.2) is 5.01 Å². The summed E-state index contributed by atoms with van der Waals surface area (Å²) in [6, 6.07) is 4.78. The van der Waals surface area contributed by atoms with Gasteiger partial charge in [0.1, 0.15) is 28.2 Å². The highest BCUT2D eigenvalue weighted by Gasteiger charge is 2.54. The zero-order valence-electron chi connectivity index (χ0n) is 18.7. The number of carboxylic acid groups (broad SMARTS) is 1. The molecule has 3 atom stereocenters. The number of fused-ring (bicyclic) bond motifs is 1. The molecule has 2 aliphatic heterocycles. The summed E-state index contributed by atoms with van der Waals surface area (Å²) in [5.74, 6) is -2.50. The smallest absolute Gasteiger partial charge is 0.353 e. The van der Waals surface area contributed by atoms with Crippen LogP contribution in [0.4, 0.5) is 0 Å². The van der Waals surface area contributed by atoms with Crippen molar-refractivity contribution in [3.63, 3.8) is 0 Å². The van der Waals surface area contributed by atoms with Crippen LogP contribution in [0.2, 0.25) is 0 Å². The summed E-state index contributed by atoms with van der Waals surface area (Å²) in [7, 11) is 0. The second kappa shape index (κ2) is 10.6. The number of aliphatic carboxylic acids is 1. The number of aromatic nitrogens is 2. The Balaban J connectivity index is 1.45. The van der Waals surface area contributed by atoms with Crippen LogP contribution in [0.3, 0.4) is 0 Å². The molecule has 1 aromatic heterocycles. The molecule has 0 aliphatic carbocycles. The lowest BCUT2D eigenvalue weighted by Gasteiger charge is -2.49. The van der Waals surface area contributed by atoms with Gasteiger partial charge in [0.2, 0.25) is 11.8 Å². The number of carbonyl (C=O) groups is 4. The fourth-order valence-electron chi connectivity index (χ4n) is 3.63. The highest BCUT2D eigenvalue weighted by molar-refractivity contribution is 8.00. The quantitative estimate of drug-likeness (QED) is 0.145. The van der Waals surface area contributed by atoms with Crippen molar-refractivity contribution in [3.8, 4) is 0 Å². The molecule has 0 bridgehead atoms. The van der Waals surface area contributed by atoms with Crippen molar-refractivity contribution in [3.05, 3.63) is 51.1 Å². The zero-order chi connectivity index (χ0) is 26.1. The van der Waals surface area contributed by atoms with E-state index in [0.717, 1.165) is 9.80 Å². The third kappa shape index (κ3) is 5.15. The molecule has 6 N–H and O–H groups in total. The van der Waals surface area contributed by atoms with Gasteiger partial charge in [-0.05, 0) is 24.6 Å². The molecular weight excluding hydrogens is 545 g/mol. The first kappa shape index (κ1) is 26.2. The minimum absolute atomic E-state index is 0.130. The molecule has 1 aromatic carbocycles. The number of primary amides is 1. The van der Waals surface area contributed by atoms with Crippen LogP contribution in [0, 0.1) is 6.92 Å². The summed E-state index contributed by atoms with van der Waals surface area (Å²) in [5.41, 5.74) is 11.9. The van der Waals surface area contributed by atoms with E-state index in [0.29, 0.717) is 21.2 Å². The van der Waals surface area contributed by atoms with Crippen molar-refractivity contribution in [2.45, 2.75) is 29.3 Å². The molecule has 36 heavy (non-hydrogen) atoms. The van der Waals surface area contributed by atoms with E-state index in [9.17, 15) is 24.3 Å². The van der Waals surface area contributed by atoms with Crippen molar-refractivity contribution >= 4 is 75.6 Å². The van der Waals surface area contributed by atoms with E-state index in [1.807, 2.05) is 0 Å². The highest BCUT2D eigenvalue weighted by Crippen LogP contribution is 2.41. The monoisotopic (exact) mass is 564 g/mol. The number of hydrogen-bond donors (Lipinski definition) is 4. The first-order chi connectivity index (χ1) is 17.1. The summed E-state index contributed by atoms with van der Waals surface area (Å²) >= 11 is 9.26. The van der Waals surface area contributed by atoms with Crippen molar-refractivity contribution in [2.75, 3.05) is 11.5 Å². The minimum atomic E-state index is -1.29. The summed E-state index contributed by atoms with van der Waals surface area (Å²) < 4.78 is 0. The fourth-order valence-corrected chi connectivity index (χ4v) is 6.71. The molecule has 3 amide bonds. The number of aryl methyl sites for hydroxylation is 1. The van der Waals surface area contributed by atoms with E-state index in [1.54, 1.807) is 31.2 Å². The molecule has 2 aromatic rings. The molecule has 11 nitrogen and oxygen atoms in total. The van der Waals surface area contributed by atoms with Crippen LogP contribution in [0.25, 0.3) is 0 Å². The van der Waals surface area contributed by atoms with Crippen LogP contribution in [-0.4, -0.2) is 71.7 Å². The number of carbonyl (C=O) groups excluding carboxylic acids is 3. The number of nitrogens with zero attached hydrogens (tertiary/aromatic N) is 3. The largest absolute Gasteiger partial charge is 0.477 e. The van der Waals surface area contributed by atoms with Gasteiger partial charge in [-0.2, -0.15) is 0 Å². The number of thiocarbonyl (C=S) groups is 1. The minimum Gasteiger partial charge on any atom is -0.477 e. The van der Waals surface area contributed by atoms with E-state index in [4.69, 9.17) is 23.7 Å². The summed E-state index contributed by atoms with van der Waals surface area (Å²) in [4.78, 5) is 50.9. The Morgan fingerprint density at radius 2 is 2.00 bits per heavy atom. The number of nitrogens with two attached hydrogens (primary N) is 2. The van der Waals surface area contributed by atoms with Crippen molar-refractivity contribution in [2.24, 2.45) is 11.5 Å². The summed E-state index contributed by atoms with van der Waals surface area (Å²) in [5, 5.41) is 20.9. The van der Waals surface area contributed by atoms with Crippen LogP contribution < -0.4 is 16.8 Å². The molecule has 0 spiro atoms. The van der Waals surface area contributed by atoms with E-state index in [2.05, 4.69) is 15.5 Å². The van der Waals surface area contributed by atoms with Crippen molar-refractivity contribution in [1.82, 2.24) is 20.4 Å². The molecule has 0 radical (unpaired) electrons. The van der Waals surface area contributed by atoms with E-state index < -0.39 is 41.1 Å². The average molecular weight is 565 g/mol. The maximum Gasteiger partial charge on any atom is 0.353 e. The maximum atomic E-state index is 12.9. The fraction of sp³-hybridized carbons (Fsp3) is 0.286. The van der Waals surface area contributed by atoms with Gasteiger partial charge in [-0.15, -0.1) is 33.7 Å². The molecule has 1 fully saturated rings. The SMILES string of the molecule is Cc1nnc(C(=S)C2=C(C(=O)O)N3C(=O)C(NC(=O)C(N)c4ccc(SCC(N)=O)cc4)[C@@H]3SC2)s1. The molecule has 15 heteroatoms. The number of nitrogens with one attached hydrogen (secondary N) is 1. The van der Waals surface area contributed by atoms with Gasteiger partial charge in [-0.3, -0.25) is 19.3 Å². The Labute approximate surface area is 223 Å². The lowest BCUT2D eigenvalue weighted by Crippen LogP contribution is -2.71. The molecule has 0 saturated carbocycles. The molecule has 1 saturated heterocycles. The van der Waals surface area contributed by atoms with Gasteiger partial charge in [-0.1, -0.05) is 35.7 Å². The number of rotatable bonds is 9. The second-order valence-electron chi connectivity index (χ2n) is 7.79. The van der Waals surface area contributed by atoms with E-state index >= 15 is 0 Å². The van der Waals surface area contributed by atoms with Gasteiger partial charge in [0.25, 0.3) is 5.91 Å².